The van der Waals surface area contributed by atoms with Crippen LogP contribution in [-0.2, 0) is 4.57 Å². The van der Waals surface area contributed by atoms with Crippen LogP contribution in [0.3, 0.4) is 0 Å². The van der Waals surface area contributed by atoms with Gasteiger partial charge in [-0.25, -0.2) is 4.57 Å². The first-order valence-corrected chi connectivity index (χ1v) is 8.18. The van der Waals surface area contributed by atoms with Gasteiger partial charge in [-0.3, -0.25) is 9.79 Å². The number of hydrogen-bond acceptors (Lipinski definition) is 1. The van der Waals surface area contributed by atoms with E-state index in [4.69, 9.17) is 84.0 Å². The van der Waals surface area contributed by atoms with Gasteiger partial charge in [0.05, 0.1) is 32.3 Å². The molecule has 1 fully saturated rings. The number of hydrogen-bond donors (Lipinski definition) is 2. The molecule has 18 heavy (non-hydrogen) atoms. The fourth-order valence-corrected chi connectivity index (χ4v) is 3.38. The summed E-state index contributed by atoms with van der Waals surface area (Å²) in [6.07, 6.45) is 0. The summed E-state index contributed by atoms with van der Waals surface area (Å²) in [5.41, 5.74) is 0. The molecule has 0 atom stereocenters. The zero-order valence-corrected chi connectivity index (χ0v) is 14.3. The average molecular weight is 399 g/mol. The summed E-state index contributed by atoms with van der Waals surface area (Å²) < 4.78 is 19.0. The van der Waals surface area contributed by atoms with Crippen molar-refractivity contribution >= 4 is 77.5 Å². The fraction of sp³-hybridized carbons (Fsp3) is 1.00. The van der Waals surface area contributed by atoms with Gasteiger partial charge in [-0.15, -0.1) is 73.8 Å². The molecule has 0 radical (unpaired) electrons. The van der Waals surface area contributed by atoms with E-state index < -0.39 is 40.2 Å². The summed E-state index contributed by atoms with van der Waals surface area (Å²) in [6.45, 7) is 0. The average Bonchev–Trinajstić information content (AvgIpc) is 2.18. The van der Waals surface area contributed by atoms with Crippen LogP contribution >= 0.6 is 77.5 Å². The molecule has 0 bridgehead atoms. The topological polar surface area (TPSA) is 57.5 Å². The normalized spacial score (nSPS) is 40.3. The summed E-state index contributed by atoms with van der Waals surface area (Å²) >= 11 is 35.3. The molecule has 1 saturated carbocycles. The third kappa shape index (κ3) is 8.01. The van der Waals surface area contributed by atoms with Crippen molar-refractivity contribution in [2.45, 2.75) is 32.3 Å². The Hall–Kier alpha value is 2.42. The maximum Gasteiger partial charge on any atom is 1.00 e. The van der Waals surface area contributed by atoms with Gasteiger partial charge < -0.3 is 1.43 Å². The molecule has 0 unspecified atom stereocenters. The summed E-state index contributed by atoms with van der Waals surface area (Å²) in [6, 6.07) is 0. The molecule has 0 aromatic rings. The van der Waals surface area contributed by atoms with E-state index in [9.17, 15) is 4.20 Å². The van der Waals surface area contributed by atoms with Gasteiger partial charge in [-0.2, -0.15) is 0 Å². The summed E-state index contributed by atoms with van der Waals surface area (Å²) in [5.74, 6) is 0. The van der Waals surface area contributed by atoms with Gasteiger partial charge in [-0.05, 0) is 0 Å². The molecule has 2 N–H and O–H groups in total. The molecule has 1 rings (SSSR count). The van der Waals surface area contributed by atoms with Crippen molar-refractivity contribution in [3.05, 3.63) is 0 Å². The second-order valence-corrected chi connectivity index (χ2v) is 7.11. The van der Waals surface area contributed by atoms with Crippen molar-refractivity contribution in [2.75, 3.05) is 0 Å². The van der Waals surface area contributed by atoms with Crippen LogP contribution in [-0.4, -0.2) is 42.0 Å². The Labute approximate surface area is 148 Å². The zero-order chi connectivity index (χ0) is 14.0. The predicted molar refractivity (Wildman–Crippen MR) is 72.1 cm³/mol. The minimum Gasteiger partial charge on any atom is -1.00 e. The second kappa shape index (κ2) is 9.44. The molecule has 106 valence electrons. The van der Waals surface area contributed by atoms with Gasteiger partial charge in [0.25, 0.3) is 0 Å². The van der Waals surface area contributed by atoms with Gasteiger partial charge in [0.2, 0.25) is 0 Å². The second-order valence-electron chi connectivity index (χ2n) is 3.14. The fourth-order valence-electron chi connectivity index (χ4n) is 1.05. The minimum atomic E-state index is -5.14. The summed E-state index contributed by atoms with van der Waals surface area (Å²) in [5, 5.41) is -2.62. The van der Waals surface area contributed by atoms with Gasteiger partial charge in [0.1, 0.15) is 0 Å². The largest absolute Gasteiger partial charge is 1.00 e. The van der Waals surface area contributed by atoms with Gasteiger partial charge in [-0.1, -0.05) is 0 Å². The van der Waals surface area contributed by atoms with E-state index in [0.29, 0.717) is 0 Å². The Bertz CT molecular complexity index is 235. The monoisotopic (exact) mass is 396 g/mol. The zero-order valence-electron chi connectivity index (χ0n) is 9.86. The summed E-state index contributed by atoms with van der Waals surface area (Å²) in [4.78, 5) is 13.9. The third-order valence-corrected chi connectivity index (χ3v) is 5.86. The number of rotatable bonds is 0. The Balaban J connectivity index is -0.000000320. The molecular formula is C6H9Cl6FLiO3P. The predicted octanol–water partition coefficient (Wildman–Crippen LogP) is 0.809. The molecule has 3 nitrogen and oxygen atoms in total. The quantitative estimate of drug-likeness (QED) is 0.361. The first kappa shape index (κ1) is 22.7. The van der Waals surface area contributed by atoms with Crippen LogP contribution in [0.1, 0.15) is 1.43 Å². The molecule has 0 aliphatic heterocycles. The van der Waals surface area contributed by atoms with Gasteiger partial charge in [0.15, 0.2) is 0 Å². The van der Waals surface area contributed by atoms with E-state index in [1.165, 1.54) is 0 Å². The van der Waals surface area contributed by atoms with Crippen molar-refractivity contribution in [3.63, 3.8) is 0 Å². The molecule has 1 aliphatic rings. The Kier molecular flexibility index (Phi) is 11.9. The van der Waals surface area contributed by atoms with Crippen molar-refractivity contribution in [1.82, 2.24) is 0 Å². The van der Waals surface area contributed by atoms with E-state index in [-0.39, 0.29) is 20.3 Å². The van der Waals surface area contributed by atoms with E-state index in [1.807, 2.05) is 0 Å². The molecule has 0 heterocycles. The Morgan fingerprint density at radius 1 is 0.778 bits per heavy atom. The van der Waals surface area contributed by atoms with Crippen molar-refractivity contribution in [2.24, 2.45) is 0 Å². The molecule has 0 spiro atoms. The maximum atomic E-state index is 10.4. The van der Waals surface area contributed by atoms with Crippen LogP contribution < -0.4 is 18.9 Å². The van der Waals surface area contributed by atoms with Crippen LogP contribution in [0.25, 0.3) is 0 Å². The molecule has 12 heteroatoms. The molecule has 0 amide bonds. The third-order valence-electron chi connectivity index (χ3n) is 1.83. The smallest absolute Gasteiger partial charge is 1.00 e. The maximum absolute atomic E-state index is 10.4. The van der Waals surface area contributed by atoms with Crippen molar-refractivity contribution < 1.29 is 38.8 Å². The Morgan fingerprint density at radius 2 is 0.833 bits per heavy atom. The molecule has 0 aromatic heterocycles. The van der Waals surface area contributed by atoms with Crippen LogP contribution in [0.15, 0.2) is 0 Å². The molecule has 1 aliphatic carbocycles. The van der Waals surface area contributed by atoms with Crippen LogP contribution in [0.5, 0.6) is 0 Å². The molecule has 0 saturated heterocycles. The van der Waals surface area contributed by atoms with Gasteiger partial charge in [0, 0.05) is 0 Å². The molecule has 0 aromatic carbocycles. The van der Waals surface area contributed by atoms with E-state index in [2.05, 4.69) is 0 Å². The van der Waals surface area contributed by atoms with Crippen molar-refractivity contribution in [3.8, 4) is 0 Å². The van der Waals surface area contributed by atoms with E-state index >= 15 is 0 Å². The molecular weight excluding hydrogens is 390 g/mol. The first-order valence-electron chi connectivity index (χ1n) is 4.06. The number of alkyl halides is 6. The first-order chi connectivity index (χ1) is 7.46. The van der Waals surface area contributed by atoms with Gasteiger partial charge >= 0.3 is 26.8 Å². The van der Waals surface area contributed by atoms with E-state index in [0.717, 1.165) is 0 Å². The van der Waals surface area contributed by atoms with E-state index in [1.54, 1.807) is 0 Å². The summed E-state index contributed by atoms with van der Waals surface area (Å²) in [7, 11) is -5.14. The standard InChI is InChI=1S/C6H6Cl6.FH2O3P.Li.H/c7-1-2(8)4(10)6(12)5(11)3(1)9;1-5(2,3)4;;/h1-6H;(H2,2,3,4);;/q;;+1;-1. The number of halogens is 7. The van der Waals surface area contributed by atoms with Crippen LogP contribution in [0.4, 0.5) is 4.20 Å². The Morgan fingerprint density at radius 3 is 0.889 bits per heavy atom. The minimum absolute atomic E-state index is 0. The SMILES string of the molecule is ClC1C(Cl)C(Cl)C(Cl)C(Cl)C1Cl.O=P(O)(O)F.[H-].[Li+]. The van der Waals surface area contributed by atoms with Crippen LogP contribution in [0.2, 0.25) is 0 Å². The van der Waals surface area contributed by atoms with Crippen LogP contribution in [0, 0.1) is 0 Å². The van der Waals surface area contributed by atoms with Crippen molar-refractivity contribution in [1.29, 1.82) is 0 Å².